The van der Waals surface area contributed by atoms with E-state index in [4.69, 9.17) is 5.73 Å². The van der Waals surface area contributed by atoms with Gasteiger partial charge in [0.25, 0.3) is 5.91 Å². The van der Waals surface area contributed by atoms with Crippen LogP contribution < -0.4 is 11.1 Å². The summed E-state index contributed by atoms with van der Waals surface area (Å²) in [5, 5.41) is 3.63. The van der Waals surface area contributed by atoms with Gasteiger partial charge in [-0.2, -0.15) is 0 Å². The summed E-state index contributed by atoms with van der Waals surface area (Å²) < 4.78 is 0. The van der Waals surface area contributed by atoms with Crippen LogP contribution in [-0.2, 0) is 0 Å². The van der Waals surface area contributed by atoms with Crippen molar-refractivity contribution >= 4 is 11.7 Å². The van der Waals surface area contributed by atoms with E-state index >= 15 is 0 Å². The lowest BCUT2D eigenvalue weighted by Crippen LogP contribution is -2.66. The van der Waals surface area contributed by atoms with E-state index in [0.29, 0.717) is 19.1 Å². The highest BCUT2D eigenvalue weighted by atomic mass is 16.2. The standard InChI is InChI=1S/C25H28N6O/c26-24-23(28-11-12-29-24)25(32)30-13-14-31-20(17-30)15-27-16-21(31)22(18-7-3-1-4-8-18)19-9-5-2-6-10-19/h1-12,20-22,27H,13-17H2,(H2,26,29)/t20-,21+/m1/s1. The molecule has 3 heterocycles. The number of nitrogen functional groups attached to an aromatic ring is 1. The monoisotopic (exact) mass is 428 g/mol. The van der Waals surface area contributed by atoms with Gasteiger partial charge in [-0.25, -0.2) is 9.97 Å². The Labute approximate surface area is 188 Å². The van der Waals surface area contributed by atoms with Gasteiger partial charge in [0.05, 0.1) is 0 Å². The van der Waals surface area contributed by atoms with Crippen molar-refractivity contribution in [3.8, 4) is 0 Å². The van der Waals surface area contributed by atoms with Gasteiger partial charge in [0.1, 0.15) is 0 Å². The highest BCUT2D eigenvalue weighted by Crippen LogP contribution is 2.34. The molecule has 0 unspecified atom stereocenters. The molecule has 0 spiro atoms. The molecule has 1 amide bonds. The number of carbonyl (C=O) groups is 1. The van der Waals surface area contributed by atoms with Crippen molar-refractivity contribution in [1.82, 2.24) is 25.1 Å². The van der Waals surface area contributed by atoms with Crippen molar-refractivity contribution in [2.45, 2.75) is 18.0 Å². The zero-order valence-electron chi connectivity index (χ0n) is 18.0. The third-order valence-corrected chi connectivity index (χ3v) is 6.61. The minimum atomic E-state index is -0.139. The highest BCUT2D eigenvalue weighted by Gasteiger charge is 2.40. The molecule has 0 bridgehead atoms. The first-order chi connectivity index (χ1) is 15.7. The van der Waals surface area contributed by atoms with Gasteiger partial charge in [0, 0.05) is 63.1 Å². The van der Waals surface area contributed by atoms with E-state index < -0.39 is 0 Å². The van der Waals surface area contributed by atoms with Crippen LogP contribution in [0.5, 0.6) is 0 Å². The number of anilines is 1. The van der Waals surface area contributed by atoms with Crippen LogP contribution in [0.2, 0.25) is 0 Å². The second kappa shape index (κ2) is 9.06. The Morgan fingerprint density at radius 1 is 0.938 bits per heavy atom. The summed E-state index contributed by atoms with van der Waals surface area (Å²) in [5.41, 5.74) is 8.78. The Hall–Kier alpha value is -3.29. The molecule has 0 aliphatic carbocycles. The number of piperazine rings is 2. The molecule has 1 aromatic heterocycles. The van der Waals surface area contributed by atoms with Crippen molar-refractivity contribution < 1.29 is 4.79 Å². The van der Waals surface area contributed by atoms with Gasteiger partial charge in [0.15, 0.2) is 11.5 Å². The second-order valence-electron chi connectivity index (χ2n) is 8.46. The number of rotatable bonds is 4. The van der Waals surface area contributed by atoms with Gasteiger partial charge in [-0.05, 0) is 11.1 Å². The zero-order chi connectivity index (χ0) is 21.9. The molecule has 2 saturated heterocycles. The van der Waals surface area contributed by atoms with Gasteiger partial charge in [-0.1, -0.05) is 60.7 Å². The summed E-state index contributed by atoms with van der Waals surface area (Å²) in [5.74, 6) is 0.304. The van der Waals surface area contributed by atoms with Crippen LogP contribution in [0, 0.1) is 0 Å². The number of nitrogens with zero attached hydrogens (tertiary/aromatic N) is 4. The molecule has 7 heteroatoms. The number of nitrogens with one attached hydrogen (secondary N) is 1. The van der Waals surface area contributed by atoms with Crippen molar-refractivity contribution in [3.05, 3.63) is 89.9 Å². The first-order valence-corrected chi connectivity index (χ1v) is 11.1. The molecule has 2 fully saturated rings. The average Bonchev–Trinajstić information content (AvgIpc) is 2.85. The molecule has 2 aliphatic rings. The Bertz CT molecular complexity index is 1020. The first-order valence-electron chi connectivity index (χ1n) is 11.1. The molecule has 2 aliphatic heterocycles. The summed E-state index contributed by atoms with van der Waals surface area (Å²) in [6, 6.07) is 22.0. The maximum absolute atomic E-state index is 13.1. The van der Waals surface area contributed by atoms with Crippen LogP contribution in [-0.4, -0.2) is 70.5 Å². The van der Waals surface area contributed by atoms with Crippen molar-refractivity contribution in [3.63, 3.8) is 0 Å². The molecule has 7 nitrogen and oxygen atoms in total. The fourth-order valence-electron chi connectivity index (χ4n) is 5.12. The van der Waals surface area contributed by atoms with Crippen molar-refractivity contribution in [1.29, 1.82) is 0 Å². The van der Waals surface area contributed by atoms with Crippen LogP contribution in [0.25, 0.3) is 0 Å². The maximum atomic E-state index is 13.1. The number of hydrogen-bond acceptors (Lipinski definition) is 6. The second-order valence-corrected chi connectivity index (χ2v) is 8.46. The molecule has 5 rings (SSSR count). The molecule has 164 valence electrons. The van der Waals surface area contributed by atoms with Crippen molar-refractivity contribution in [2.75, 3.05) is 38.5 Å². The Morgan fingerprint density at radius 2 is 1.59 bits per heavy atom. The lowest BCUT2D eigenvalue weighted by molar-refractivity contribution is 0.0141. The van der Waals surface area contributed by atoms with Gasteiger partial charge in [0.2, 0.25) is 0 Å². The van der Waals surface area contributed by atoms with Crippen LogP contribution in [0.15, 0.2) is 73.1 Å². The molecular formula is C25H28N6O. The lowest BCUT2D eigenvalue weighted by atomic mass is 9.82. The molecule has 32 heavy (non-hydrogen) atoms. The van der Waals surface area contributed by atoms with Gasteiger partial charge >= 0.3 is 0 Å². The largest absolute Gasteiger partial charge is 0.382 e. The van der Waals surface area contributed by atoms with Crippen LogP contribution >= 0.6 is 0 Å². The summed E-state index contributed by atoms with van der Waals surface area (Å²) in [6.45, 7) is 3.88. The van der Waals surface area contributed by atoms with E-state index in [-0.39, 0.29) is 29.4 Å². The predicted octanol–water partition coefficient (Wildman–Crippen LogP) is 1.99. The molecule has 3 N–H and O–H groups in total. The van der Waals surface area contributed by atoms with Gasteiger partial charge in [-0.3, -0.25) is 9.69 Å². The maximum Gasteiger partial charge on any atom is 0.276 e. The van der Waals surface area contributed by atoms with Crippen LogP contribution in [0.4, 0.5) is 5.82 Å². The molecule has 0 radical (unpaired) electrons. The number of aromatic nitrogens is 2. The molecule has 2 atom stereocenters. The minimum Gasteiger partial charge on any atom is -0.382 e. The quantitative estimate of drug-likeness (QED) is 0.661. The molecule has 0 saturated carbocycles. The lowest BCUT2D eigenvalue weighted by Gasteiger charge is -2.50. The minimum absolute atomic E-state index is 0.139. The third-order valence-electron chi connectivity index (χ3n) is 6.61. The smallest absolute Gasteiger partial charge is 0.276 e. The Balaban J connectivity index is 1.40. The zero-order valence-corrected chi connectivity index (χ0v) is 18.0. The summed E-state index contributed by atoms with van der Waals surface area (Å²) in [7, 11) is 0. The Morgan fingerprint density at radius 3 is 2.25 bits per heavy atom. The summed E-state index contributed by atoms with van der Waals surface area (Å²) >= 11 is 0. The van der Waals surface area contributed by atoms with Gasteiger partial charge in [-0.15, -0.1) is 0 Å². The van der Waals surface area contributed by atoms with Gasteiger partial charge < -0.3 is 16.0 Å². The first kappa shape index (κ1) is 20.6. The topological polar surface area (TPSA) is 87.4 Å². The van der Waals surface area contributed by atoms with Crippen LogP contribution in [0.1, 0.15) is 27.5 Å². The van der Waals surface area contributed by atoms with E-state index in [1.807, 2.05) is 4.90 Å². The summed E-state index contributed by atoms with van der Waals surface area (Å²) in [4.78, 5) is 25.7. The average molecular weight is 429 g/mol. The molecule has 3 aromatic rings. The normalized spacial score (nSPS) is 21.3. The number of fused-ring (bicyclic) bond motifs is 1. The summed E-state index contributed by atoms with van der Waals surface area (Å²) in [6.07, 6.45) is 3.02. The van der Waals surface area contributed by atoms with Crippen LogP contribution in [0.3, 0.4) is 0 Å². The van der Waals surface area contributed by atoms with E-state index in [1.54, 1.807) is 0 Å². The van der Waals surface area contributed by atoms with E-state index in [1.165, 1.54) is 23.5 Å². The number of carbonyl (C=O) groups excluding carboxylic acids is 1. The predicted molar refractivity (Wildman–Crippen MR) is 124 cm³/mol. The van der Waals surface area contributed by atoms with E-state index in [2.05, 4.69) is 80.8 Å². The van der Waals surface area contributed by atoms with E-state index in [0.717, 1.165) is 19.6 Å². The SMILES string of the molecule is Nc1nccnc1C(=O)N1CCN2[C@H](CNC[C@H]2C(c2ccccc2)c2ccccc2)C1. The molecule has 2 aromatic carbocycles. The highest BCUT2D eigenvalue weighted by molar-refractivity contribution is 5.96. The fraction of sp³-hybridized carbons (Fsp3) is 0.320. The fourth-order valence-corrected chi connectivity index (χ4v) is 5.12. The number of benzene rings is 2. The van der Waals surface area contributed by atoms with Crippen molar-refractivity contribution in [2.24, 2.45) is 0 Å². The number of nitrogens with two attached hydrogens (primary N) is 1. The third kappa shape index (κ3) is 3.97. The molecular weight excluding hydrogens is 400 g/mol. The number of amides is 1. The number of hydrogen-bond donors (Lipinski definition) is 2. The van der Waals surface area contributed by atoms with E-state index in [9.17, 15) is 4.79 Å². The Kier molecular flexibility index (Phi) is 5.83.